The van der Waals surface area contributed by atoms with Crippen LogP contribution in [0, 0.1) is 11.3 Å². The van der Waals surface area contributed by atoms with Gasteiger partial charge in [0.1, 0.15) is 0 Å². The second kappa shape index (κ2) is 5.63. The van der Waals surface area contributed by atoms with E-state index in [0.717, 1.165) is 24.5 Å². The highest BCUT2D eigenvalue weighted by molar-refractivity contribution is 5.96. The van der Waals surface area contributed by atoms with Crippen LogP contribution in [0.5, 0.6) is 0 Å². The molecule has 3 N–H and O–H groups in total. The first-order valence-corrected chi connectivity index (χ1v) is 6.79. The molecule has 0 aliphatic carbocycles. The van der Waals surface area contributed by atoms with Crippen molar-refractivity contribution in [2.24, 2.45) is 11.3 Å². The summed E-state index contributed by atoms with van der Waals surface area (Å²) in [4.78, 5) is 23.6. The molecule has 1 fully saturated rings. The average molecular weight is 275 g/mol. The van der Waals surface area contributed by atoms with Gasteiger partial charge in [-0.3, -0.25) is 9.59 Å². The van der Waals surface area contributed by atoms with Crippen LogP contribution in [0.15, 0.2) is 24.3 Å². The Kier molecular flexibility index (Phi) is 4.09. The summed E-state index contributed by atoms with van der Waals surface area (Å²) in [6, 6.07) is 7.17. The maximum absolute atomic E-state index is 11.8. The van der Waals surface area contributed by atoms with Gasteiger partial charge in [0.2, 0.25) is 11.8 Å². The van der Waals surface area contributed by atoms with Crippen molar-refractivity contribution in [3.8, 4) is 0 Å². The van der Waals surface area contributed by atoms with Gasteiger partial charge >= 0.3 is 0 Å². The molecule has 5 heteroatoms. The van der Waals surface area contributed by atoms with Crippen molar-refractivity contribution in [1.82, 2.24) is 5.32 Å². The van der Waals surface area contributed by atoms with Gasteiger partial charge in [-0.1, -0.05) is 20.8 Å². The van der Waals surface area contributed by atoms with Gasteiger partial charge in [0.15, 0.2) is 0 Å². The number of carbonyl (C=O) groups excluding carboxylic acids is 2. The number of hydrogen-bond donors (Lipinski definition) is 3. The van der Waals surface area contributed by atoms with Crippen LogP contribution < -0.4 is 16.0 Å². The summed E-state index contributed by atoms with van der Waals surface area (Å²) in [6.07, 6.45) is 0. The molecule has 1 aliphatic rings. The van der Waals surface area contributed by atoms with Crippen LogP contribution in [-0.2, 0) is 9.59 Å². The Morgan fingerprint density at radius 3 is 1.95 bits per heavy atom. The zero-order chi connectivity index (χ0) is 14.8. The monoisotopic (exact) mass is 275 g/mol. The van der Waals surface area contributed by atoms with Crippen LogP contribution in [0.3, 0.4) is 0 Å². The van der Waals surface area contributed by atoms with Crippen LogP contribution in [0.25, 0.3) is 0 Å². The van der Waals surface area contributed by atoms with E-state index in [0.29, 0.717) is 0 Å². The third-order valence-corrected chi connectivity index (χ3v) is 3.24. The number of benzene rings is 1. The summed E-state index contributed by atoms with van der Waals surface area (Å²) in [5.74, 6) is 0.0697. The molecule has 0 saturated carbocycles. The van der Waals surface area contributed by atoms with Crippen LogP contribution in [0.1, 0.15) is 20.8 Å². The van der Waals surface area contributed by atoms with Gasteiger partial charge in [0.25, 0.3) is 0 Å². The van der Waals surface area contributed by atoms with Crippen LogP contribution >= 0.6 is 0 Å². The van der Waals surface area contributed by atoms with Gasteiger partial charge in [-0.2, -0.15) is 0 Å². The first kappa shape index (κ1) is 14.5. The number of nitrogens with one attached hydrogen (secondary N) is 3. The number of amides is 2. The summed E-state index contributed by atoms with van der Waals surface area (Å²) in [5, 5.41) is 8.77. The Hall–Kier alpha value is -1.88. The maximum atomic E-state index is 11.8. The minimum Gasteiger partial charge on any atom is -0.326 e. The lowest BCUT2D eigenvalue weighted by Gasteiger charge is -2.25. The van der Waals surface area contributed by atoms with Crippen molar-refractivity contribution in [2.45, 2.75) is 20.8 Å². The largest absolute Gasteiger partial charge is 0.326 e. The van der Waals surface area contributed by atoms with Crippen molar-refractivity contribution in [3.63, 3.8) is 0 Å². The predicted octanol–water partition coefficient (Wildman–Crippen LogP) is 1.83. The third kappa shape index (κ3) is 3.57. The molecule has 0 bridgehead atoms. The Bertz CT molecular complexity index is 499. The minimum atomic E-state index is -0.426. The van der Waals surface area contributed by atoms with Gasteiger partial charge in [-0.05, 0) is 24.3 Å². The molecule has 0 radical (unpaired) electrons. The molecule has 1 heterocycles. The number of hydrogen-bond acceptors (Lipinski definition) is 3. The molecule has 20 heavy (non-hydrogen) atoms. The summed E-state index contributed by atoms with van der Waals surface area (Å²) in [5.41, 5.74) is 1.05. The van der Waals surface area contributed by atoms with E-state index in [4.69, 9.17) is 0 Å². The SMILES string of the molecule is CC(C)(C)C(=O)Nc1ccc(NC(=O)C2CNC2)cc1. The fourth-order valence-corrected chi connectivity index (χ4v) is 1.67. The fourth-order valence-electron chi connectivity index (χ4n) is 1.67. The van der Waals surface area contributed by atoms with Crippen molar-refractivity contribution in [2.75, 3.05) is 23.7 Å². The fraction of sp³-hybridized carbons (Fsp3) is 0.467. The van der Waals surface area contributed by atoms with Crippen molar-refractivity contribution in [3.05, 3.63) is 24.3 Å². The molecule has 0 atom stereocenters. The Labute approximate surface area is 119 Å². The topological polar surface area (TPSA) is 70.2 Å². The highest BCUT2D eigenvalue weighted by atomic mass is 16.2. The van der Waals surface area contributed by atoms with E-state index < -0.39 is 5.41 Å². The number of anilines is 2. The second-order valence-corrected chi connectivity index (χ2v) is 6.13. The van der Waals surface area contributed by atoms with Gasteiger partial charge < -0.3 is 16.0 Å². The molecule has 108 valence electrons. The number of rotatable bonds is 3. The Morgan fingerprint density at radius 1 is 1.05 bits per heavy atom. The first-order valence-electron chi connectivity index (χ1n) is 6.79. The first-order chi connectivity index (χ1) is 9.36. The van der Waals surface area contributed by atoms with Crippen molar-refractivity contribution >= 4 is 23.2 Å². The van der Waals surface area contributed by atoms with E-state index in [-0.39, 0.29) is 17.7 Å². The summed E-state index contributed by atoms with van der Waals surface area (Å²) in [6.45, 7) is 7.08. The highest BCUT2D eigenvalue weighted by Gasteiger charge is 2.24. The molecule has 1 aromatic rings. The van der Waals surface area contributed by atoms with E-state index in [1.54, 1.807) is 24.3 Å². The smallest absolute Gasteiger partial charge is 0.230 e. The molecule has 5 nitrogen and oxygen atoms in total. The van der Waals surface area contributed by atoms with Crippen LogP contribution in [0.4, 0.5) is 11.4 Å². The zero-order valence-electron chi connectivity index (χ0n) is 12.1. The normalized spacial score (nSPS) is 15.3. The molecule has 2 rings (SSSR count). The predicted molar refractivity (Wildman–Crippen MR) is 79.5 cm³/mol. The molecule has 0 unspecified atom stereocenters. The quantitative estimate of drug-likeness (QED) is 0.788. The molecule has 1 saturated heterocycles. The summed E-state index contributed by atoms with van der Waals surface area (Å²) in [7, 11) is 0. The van der Waals surface area contributed by atoms with E-state index in [1.165, 1.54) is 0 Å². The van der Waals surface area contributed by atoms with Gasteiger partial charge in [-0.25, -0.2) is 0 Å². The molecule has 1 aliphatic heterocycles. The molecule has 2 amide bonds. The standard InChI is InChI=1S/C15H21N3O2/c1-15(2,3)14(20)18-12-6-4-11(5-7-12)17-13(19)10-8-16-9-10/h4-7,10,16H,8-9H2,1-3H3,(H,17,19)(H,18,20). The Morgan fingerprint density at radius 2 is 1.55 bits per heavy atom. The highest BCUT2D eigenvalue weighted by Crippen LogP contribution is 2.19. The lowest BCUT2D eigenvalue weighted by Crippen LogP contribution is -2.48. The van der Waals surface area contributed by atoms with E-state index >= 15 is 0 Å². The third-order valence-electron chi connectivity index (χ3n) is 3.24. The lowest BCUT2D eigenvalue weighted by atomic mass is 9.95. The molecular formula is C15H21N3O2. The van der Waals surface area contributed by atoms with Crippen molar-refractivity contribution in [1.29, 1.82) is 0 Å². The maximum Gasteiger partial charge on any atom is 0.230 e. The van der Waals surface area contributed by atoms with Crippen LogP contribution in [-0.4, -0.2) is 24.9 Å². The second-order valence-electron chi connectivity index (χ2n) is 6.13. The molecule has 0 aromatic heterocycles. The van der Waals surface area contributed by atoms with Gasteiger partial charge in [0, 0.05) is 29.9 Å². The summed E-state index contributed by atoms with van der Waals surface area (Å²) < 4.78 is 0. The number of carbonyl (C=O) groups is 2. The van der Waals surface area contributed by atoms with E-state index in [1.807, 2.05) is 20.8 Å². The molecule has 1 aromatic carbocycles. The Balaban J connectivity index is 1.92. The average Bonchev–Trinajstić information content (AvgIpc) is 2.28. The molecular weight excluding hydrogens is 254 g/mol. The van der Waals surface area contributed by atoms with Crippen LogP contribution in [0.2, 0.25) is 0 Å². The van der Waals surface area contributed by atoms with Gasteiger partial charge in [-0.15, -0.1) is 0 Å². The molecule has 0 spiro atoms. The zero-order valence-corrected chi connectivity index (χ0v) is 12.1. The minimum absolute atomic E-state index is 0.0326. The van der Waals surface area contributed by atoms with E-state index in [9.17, 15) is 9.59 Å². The lowest BCUT2D eigenvalue weighted by molar-refractivity contribution is -0.123. The van der Waals surface area contributed by atoms with E-state index in [2.05, 4.69) is 16.0 Å². The van der Waals surface area contributed by atoms with Gasteiger partial charge in [0.05, 0.1) is 5.92 Å². The van der Waals surface area contributed by atoms with Crippen molar-refractivity contribution < 1.29 is 9.59 Å². The summed E-state index contributed by atoms with van der Waals surface area (Å²) >= 11 is 0.